The van der Waals surface area contributed by atoms with Gasteiger partial charge < -0.3 is 19.7 Å². The van der Waals surface area contributed by atoms with Crippen LogP contribution in [0.2, 0.25) is 0 Å². The van der Waals surface area contributed by atoms with Crippen LogP contribution in [0.25, 0.3) is 11.3 Å². The summed E-state index contributed by atoms with van der Waals surface area (Å²) in [6, 6.07) is 4.37. The van der Waals surface area contributed by atoms with Gasteiger partial charge in [0.25, 0.3) is 0 Å². The minimum absolute atomic E-state index is 0.0173. The molecule has 0 saturated carbocycles. The van der Waals surface area contributed by atoms with Crippen molar-refractivity contribution in [3.05, 3.63) is 41.6 Å². The number of rotatable bonds is 13. The molecule has 0 radical (unpaired) electrons. The number of benzene rings is 1. The van der Waals surface area contributed by atoms with Crippen LogP contribution in [-0.4, -0.2) is 72.6 Å². The topological polar surface area (TPSA) is 105 Å². The highest BCUT2D eigenvalue weighted by Crippen LogP contribution is 2.32. The minimum atomic E-state index is -5.07. The molecule has 1 heterocycles. The zero-order valence-electron chi connectivity index (χ0n) is 19.0. The monoisotopic (exact) mass is 525 g/mol. The van der Waals surface area contributed by atoms with Crippen LogP contribution < -0.4 is 5.32 Å². The number of hydrogen-bond acceptors (Lipinski definition) is 7. The van der Waals surface area contributed by atoms with E-state index in [1.807, 2.05) is 0 Å². The van der Waals surface area contributed by atoms with Gasteiger partial charge in [-0.2, -0.15) is 26.3 Å². The summed E-state index contributed by atoms with van der Waals surface area (Å²) in [7, 11) is 0. The molecular formula is C22H25F6N3O5. The average molecular weight is 525 g/mol. The van der Waals surface area contributed by atoms with Crippen molar-refractivity contribution >= 4 is 11.9 Å². The predicted molar refractivity (Wildman–Crippen MR) is 113 cm³/mol. The number of esters is 1. The number of amides is 1. The summed E-state index contributed by atoms with van der Waals surface area (Å²) in [5, 5.41) is 15.4. The van der Waals surface area contributed by atoms with Crippen LogP contribution in [-0.2, 0) is 26.9 Å². The first-order chi connectivity index (χ1) is 16.9. The lowest BCUT2D eigenvalue weighted by Crippen LogP contribution is -2.35. The van der Waals surface area contributed by atoms with Gasteiger partial charge >= 0.3 is 18.3 Å². The maximum atomic E-state index is 12.7. The molecule has 2 aromatic rings. The summed E-state index contributed by atoms with van der Waals surface area (Å²) >= 11 is 0. The number of aryl methyl sites for hydroxylation is 1. The second-order valence-electron chi connectivity index (χ2n) is 7.66. The number of nitrogens with one attached hydrogen (secondary N) is 1. The number of ether oxygens (including phenoxy) is 1. The number of alkyl halides is 6. The van der Waals surface area contributed by atoms with Crippen molar-refractivity contribution in [2.45, 2.75) is 31.6 Å². The predicted octanol–water partition coefficient (Wildman–Crippen LogP) is 3.20. The highest BCUT2D eigenvalue weighted by atomic mass is 19.4. The number of carbonyl (C=O) groups is 2. The number of halogens is 6. The van der Waals surface area contributed by atoms with Crippen LogP contribution >= 0.6 is 0 Å². The molecule has 0 aliphatic carbocycles. The summed E-state index contributed by atoms with van der Waals surface area (Å²) in [4.78, 5) is 24.5. The maximum absolute atomic E-state index is 12.7. The van der Waals surface area contributed by atoms with E-state index in [0.29, 0.717) is 24.1 Å². The molecule has 1 aromatic heterocycles. The Labute approximate surface area is 202 Å². The van der Waals surface area contributed by atoms with Crippen molar-refractivity contribution in [1.82, 2.24) is 15.4 Å². The molecule has 2 rings (SSSR count). The second-order valence-corrected chi connectivity index (χ2v) is 7.66. The molecule has 200 valence electrons. The first kappa shape index (κ1) is 29.1. The van der Waals surface area contributed by atoms with Gasteiger partial charge in [-0.3, -0.25) is 9.69 Å². The van der Waals surface area contributed by atoms with Crippen molar-refractivity contribution in [2.24, 2.45) is 0 Å². The van der Waals surface area contributed by atoms with Crippen molar-refractivity contribution < 1.29 is 50.3 Å². The number of hydrogen-bond donors (Lipinski definition) is 2. The van der Waals surface area contributed by atoms with Crippen molar-refractivity contribution in [3.63, 3.8) is 0 Å². The molecule has 0 fully saturated rings. The highest BCUT2D eigenvalue weighted by molar-refractivity contribution is 5.76. The van der Waals surface area contributed by atoms with E-state index in [4.69, 9.17) is 9.63 Å². The first-order valence-electron chi connectivity index (χ1n) is 10.9. The Hall–Kier alpha value is -3.13. The van der Waals surface area contributed by atoms with Crippen LogP contribution in [0.15, 0.2) is 35.0 Å². The molecule has 0 unspecified atom stereocenters. The van der Waals surface area contributed by atoms with Crippen molar-refractivity contribution in [2.75, 3.05) is 39.4 Å². The SMILES string of the molecule is O=C(CCc1cnoc1-c1ccc(C(F)(F)F)cc1)NCCCN(CCO)CCOC(=O)C(F)(F)F. The van der Waals surface area contributed by atoms with Crippen LogP contribution in [0.4, 0.5) is 26.3 Å². The van der Waals surface area contributed by atoms with E-state index in [-0.39, 0.29) is 50.8 Å². The molecule has 0 bridgehead atoms. The molecule has 36 heavy (non-hydrogen) atoms. The average Bonchev–Trinajstić information content (AvgIpc) is 3.28. The van der Waals surface area contributed by atoms with Gasteiger partial charge in [0.1, 0.15) is 6.61 Å². The number of carbonyl (C=O) groups excluding carboxylic acids is 2. The van der Waals surface area contributed by atoms with Crippen molar-refractivity contribution in [3.8, 4) is 11.3 Å². The molecule has 0 aliphatic rings. The standard InChI is InChI=1S/C22H25F6N3O5/c23-21(24,25)17-5-2-15(3-6-17)19-16(14-30-36-19)4-7-18(33)29-8-1-9-31(10-12-32)11-13-35-20(34)22(26,27)28/h2-3,5-6,14,32H,1,4,7-13H2,(H,29,33). The van der Waals surface area contributed by atoms with E-state index in [1.165, 1.54) is 18.3 Å². The Bertz CT molecular complexity index is 976. The Balaban J connectivity index is 1.74. The van der Waals surface area contributed by atoms with E-state index in [1.54, 1.807) is 4.90 Å². The zero-order valence-corrected chi connectivity index (χ0v) is 19.0. The maximum Gasteiger partial charge on any atom is 0.490 e. The lowest BCUT2D eigenvalue weighted by atomic mass is 10.0. The normalized spacial score (nSPS) is 12.1. The number of aliphatic hydroxyl groups is 1. The molecule has 0 atom stereocenters. The Morgan fingerprint density at radius 3 is 2.36 bits per heavy atom. The molecule has 2 N–H and O–H groups in total. The second kappa shape index (κ2) is 13.3. The fourth-order valence-electron chi connectivity index (χ4n) is 3.18. The van der Waals surface area contributed by atoms with Crippen LogP contribution in [0, 0.1) is 0 Å². The molecule has 8 nitrogen and oxygen atoms in total. The van der Waals surface area contributed by atoms with E-state index in [9.17, 15) is 35.9 Å². The molecule has 0 saturated heterocycles. The molecule has 1 amide bonds. The minimum Gasteiger partial charge on any atom is -0.458 e. The van der Waals surface area contributed by atoms with Gasteiger partial charge in [-0.05, 0) is 25.0 Å². The van der Waals surface area contributed by atoms with E-state index in [2.05, 4.69) is 15.2 Å². The number of aliphatic hydroxyl groups excluding tert-OH is 1. The molecule has 0 aliphatic heterocycles. The van der Waals surface area contributed by atoms with Gasteiger partial charge in [0.2, 0.25) is 5.91 Å². The van der Waals surface area contributed by atoms with Crippen LogP contribution in [0.5, 0.6) is 0 Å². The molecule has 0 spiro atoms. The largest absolute Gasteiger partial charge is 0.490 e. The molecular weight excluding hydrogens is 500 g/mol. The zero-order chi connectivity index (χ0) is 26.8. The van der Waals surface area contributed by atoms with Gasteiger partial charge in [-0.25, -0.2) is 4.79 Å². The third-order valence-corrected chi connectivity index (χ3v) is 5.00. The van der Waals surface area contributed by atoms with E-state index >= 15 is 0 Å². The number of aromatic nitrogens is 1. The lowest BCUT2D eigenvalue weighted by Gasteiger charge is -2.21. The Morgan fingerprint density at radius 1 is 1.06 bits per heavy atom. The first-order valence-corrected chi connectivity index (χ1v) is 10.9. The highest BCUT2D eigenvalue weighted by Gasteiger charge is 2.40. The fourth-order valence-corrected chi connectivity index (χ4v) is 3.18. The van der Waals surface area contributed by atoms with Crippen LogP contribution in [0.1, 0.15) is 24.0 Å². The Kier molecular flexibility index (Phi) is 10.7. The quantitative estimate of drug-likeness (QED) is 0.235. The lowest BCUT2D eigenvalue weighted by molar-refractivity contribution is -0.200. The number of nitrogens with zero attached hydrogens (tertiary/aromatic N) is 2. The summed E-state index contributed by atoms with van der Waals surface area (Å²) in [5.41, 5.74) is 0.139. The van der Waals surface area contributed by atoms with Gasteiger partial charge in [0.15, 0.2) is 5.76 Å². The van der Waals surface area contributed by atoms with Gasteiger partial charge in [-0.15, -0.1) is 0 Å². The van der Waals surface area contributed by atoms with Gasteiger partial charge in [0.05, 0.1) is 18.4 Å². The van der Waals surface area contributed by atoms with Crippen LogP contribution in [0.3, 0.4) is 0 Å². The summed E-state index contributed by atoms with van der Waals surface area (Å²) in [5.74, 6) is -2.32. The smallest absolute Gasteiger partial charge is 0.458 e. The molecule has 14 heteroatoms. The van der Waals surface area contributed by atoms with E-state index < -0.39 is 30.5 Å². The summed E-state index contributed by atoms with van der Waals surface area (Å²) < 4.78 is 83.9. The fraction of sp³-hybridized carbons (Fsp3) is 0.500. The Morgan fingerprint density at radius 2 is 1.75 bits per heavy atom. The summed E-state index contributed by atoms with van der Waals surface area (Å²) in [6.07, 6.45) is -7.44. The van der Waals surface area contributed by atoms with Gasteiger partial charge in [-0.1, -0.05) is 17.3 Å². The van der Waals surface area contributed by atoms with Crippen molar-refractivity contribution in [1.29, 1.82) is 0 Å². The van der Waals surface area contributed by atoms with E-state index in [0.717, 1.165) is 12.1 Å². The third-order valence-electron chi connectivity index (χ3n) is 5.00. The van der Waals surface area contributed by atoms with Gasteiger partial charge in [0, 0.05) is 43.7 Å². The third kappa shape index (κ3) is 9.49. The molecule has 1 aromatic carbocycles. The summed E-state index contributed by atoms with van der Waals surface area (Å²) in [6.45, 7) is -0.0365.